The Kier molecular flexibility index (Phi) is 4.41. The van der Waals surface area contributed by atoms with Gasteiger partial charge in [0.1, 0.15) is 0 Å². The highest BCUT2D eigenvalue weighted by molar-refractivity contribution is 9.09. The number of hydrogen-bond donors (Lipinski definition) is 0. The molecule has 0 aromatic heterocycles. The van der Waals surface area contributed by atoms with Gasteiger partial charge in [0, 0.05) is 5.33 Å². The van der Waals surface area contributed by atoms with Crippen molar-refractivity contribution in [3.8, 4) is 0 Å². The van der Waals surface area contributed by atoms with Crippen LogP contribution >= 0.6 is 15.9 Å². The van der Waals surface area contributed by atoms with Crippen LogP contribution in [-0.2, 0) is 14.3 Å². The summed E-state index contributed by atoms with van der Waals surface area (Å²) in [6.45, 7) is 2.64. The van der Waals surface area contributed by atoms with E-state index in [1.165, 1.54) is 0 Å². The van der Waals surface area contributed by atoms with Gasteiger partial charge in [-0.05, 0) is 5.41 Å². The van der Waals surface area contributed by atoms with Crippen molar-refractivity contribution in [1.82, 2.24) is 0 Å². The number of hydrogen-bond acceptors (Lipinski definition) is 3. The molecule has 8 heteroatoms. The molecule has 0 rings (SSSR count). The second-order valence-corrected chi connectivity index (χ2v) is 5.63. The van der Waals surface area contributed by atoms with E-state index in [-0.39, 0.29) is 0 Å². The van der Waals surface area contributed by atoms with E-state index < -0.39 is 27.6 Å². The van der Waals surface area contributed by atoms with Crippen LogP contribution in [-0.4, -0.2) is 25.9 Å². The maximum Gasteiger partial charge on any atom is 0.523 e. The average molecular weight is 299 g/mol. The number of alkyl halides is 4. The molecule has 0 aliphatic rings. The van der Waals surface area contributed by atoms with Crippen LogP contribution in [0.4, 0.5) is 13.2 Å². The molecule has 0 aliphatic heterocycles. The zero-order chi connectivity index (χ0) is 11.6. The SMILES string of the molecule is CC(C)(CBr)COS(=O)(=O)C(F)(F)F. The van der Waals surface area contributed by atoms with E-state index in [1.807, 2.05) is 0 Å². The monoisotopic (exact) mass is 298 g/mol. The second-order valence-electron chi connectivity index (χ2n) is 3.46. The summed E-state index contributed by atoms with van der Waals surface area (Å²) in [4.78, 5) is 0. The van der Waals surface area contributed by atoms with E-state index in [0.717, 1.165) is 0 Å². The van der Waals surface area contributed by atoms with E-state index in [9.17, 15) is 21.6 Å². The topological polar surface area (TPSA) is 43.4 Å². The van der Waals surface area contributed by atoms with Crippen LogP contribution in [0.5, 0.6) is 0 Å². The molecule has 3 nitrogen and oxygen atoms in total. The van der Waals surface area contributed by atoms with Crippen molar-refractivity contribution >= 4 is 26.0 Å². The molecule has 0 fully saturated rings. The van der Waals surface area contributed by atoms with E-state index in [1.54, 1.807) is 13.8 Å². The van der Waals surface area contributed by atoms with Crippen molar-refractivity contribution in [1.29, 1.82) is 0 Å². The first-order chi connectivity index (χ1) is 6.02. The quantitative estimate of drug-likeness (QED) is 0.454. The summed E-state index contributed by atoms with van der Waals surface area (Å²) in [7, 11) is -5.46. The zero-order valence-electron chi connectivity index (χ0n) is 7.56. The Balaban J connectivity index is 4.43. The summed E-state index contributed by atoms with van der Waals surface area (Å²) < 4.78 is 60.1. The third kappa shape index (κ3) is 4.14. The number of halogens is 4. The molecule has 0 aromatic carbocycles. The van der Waals surface area contributed by atoms with Crippen molar-refractivity contribution in [2.75, 3.05) is 11.9 Å². The Morgan fingerprint density at radius 3 is 2.00 bits per heavy atom. The van der Waals surface area contributed by atoms with Gasteiger partial charge < -0.3 is 0 Å². The van der Waals surface area contributed by atoms with Gasteiger partial charge in [-0.25, -0.2) is 0 Å². The highest BCUT2D eigenvalue weighted by Crippen LogP contribution is 2.27. The lowest BCUT2D eigenvalue weighted by atomic mass is 9.99. The average Bonchev–Trinajstić information content (AvgIpc) is 1.99. The standard InChI is InChI=1S/C6H10BrF3O3S/c1-5(2,3-7)4-13-14(11,12)6(8,9)10/h3-4H2,1-2H3. The van der Waals surface area contributed by atoms with Gasteiger partial charge in [-0.2, -0.15) is 21.6 Å². The normalized spacial score (nSPS) is 14.4. The van der Waals surface area contributed by atoms with Crippen molar-refractivity contribution in [3.63, 3.8) is 0 Å². The summed E-state index contributed by atoms with van der Waals surface area (Å²) in [6.07, 6.45) is 0. The lowest BCUT2D eigenvalue weighted by molar-refractivity contribution is -0.0557. The first-order valence-corrected chi connectivity index (χ1v) is 6.06. The van der Waals surface area contributed by atoms with Gasteiger partial charge in [0.15, 0.2) is 0 Å². The minimum atomic E-state index is -5.46. The lowest BCUT2D eigenvalue weighted by Gasteiger charge is -2.21. The van der Waals surface area contributed by atoms with Crippen LogP contribution < -0.4 is 0 Å². The van der Waals surface area contributed by atoms with Gasteiger partial charge in [0.25, 0.3) is 0 Å². The Morgan fingerprint density at radius 2 is 1.71 bits per heavy atom. The van der Waals surface area contributed by atoms with Crippen molar-refractivity contribution in [3.05, 3.63) is 0 Å². The summed E-state index contributed by atoms with van der Waals surface area (Å²) in [6, 6.07) is 0. The second kappa shape index (κ2) is 4.36. The molecule has 0 aliphatic carbocycles. The van der Waals surface area contributed by atoms with Gasteiger partial charge >= 0.3 is 15.6 Å². The Hall–Kier alpha value is 0.180. The largest absolute Gasteiger partial charge is 0.523 e. The van der Waals surface area contributed by atoms with Crippen LogP contribution in [0.2, 0.25) is 0 Å². The fourth-order valence-corrected chi connectivity index (χ4v) is 1.11. The van der Waals surface area contributed by atoms with Crippen LogP contribution in [0.3, 0.4) is 0 Å². The minimum Gasteiger partial charge on any atom is -0.263 e. The molecular weight excluding hydrogens is 289 g/mol. The van der Waals surface area contributed by atoms with Gasteiger partial charge in [-0.3, -0.25) is 4.18 Å². The van der Waals surface area contributed by atoms with Gasteiger partial charge in [-0.1, -0.05) is 29.8 Å². The Morgan fingerprint density at radius 1 is 1.29 bits per heavy atom. The molecule has 0 saturated heterocycles. The van der Waals surface area contributed by atoms with Crippen LogP contribution in [0.15, 0.2) is 0 Å². The van der Waals surface area contributed by atoms with Crippen LogP contribution in [0.1, 0.15) is 13.8 Å². The molecular formula is C6H10BrF3O3S. The van der Waals surface area contributed by atoms with Crippen molar-refractivity contribution in [2.45, 2.75) is 19.4 Å². The molecule has 0 unspecified atom stereocenters. The van der Waals surface area contributed by atoms with E-state index >= 15 is 0 Å². The van der Waals surface area contributed by atoms with Gasteiger partial charge in [0.05, 0.1) is 6.61 Å². The number of rotatable bonds is 4. The minimum absolute atomic E-state index is 0.341. The third-order valence-electron chi connectivity index (χ3n) is 1.25. The molecule has 0 saturated carbocycles. The lowest BCUT2D eigenvalue weighted by Crippen LogP contribution is -2.30. The smallest absolute Gasteiger partial charge is 0.263 e. The zero-order valence-corrected chi connectivity index (χ0v) is 9.96. The van der Waals surface area contributed by atoms with E-state index in [2.05, 4.69) is 20.1 Å². The third-order valence-corrected chi connectivity index (χ3v) is 3.76. The molecule has 0 amide bonds. The molecule has 0 heterocycles. The van der Waals surface area contributed by atoms with E-state index in [0.29, 0.717) is 5.33 Å². The molecule has 14 heavy (non-hydrogen) atoms. The van der Waals surface area contributed by atoms with Gasteiger partial charge in [0.2, 0.25) is 0 Å². The summed E-state index contributed by atoms with van der Waals surface area (Å²) >= 11 is 3.03. The summed E-state index contributed by atoms with van der Waals surface area (Å²) in [5.41, 5.74) is -6.02. The molecule has 0 aromatic rings. The van der Waals surface area contributed by atoms with Gasteiger partial charge in [-0.15, -0.1) is 0 Å². The first-order valence-electron chi connectivity index (χ1n) is 3.53. The summed E-state index contributed by atoms with van der Waals surface area (Å²) in [5, 5.41) is 0.341. The van der Waals surface area contributed by atoms with Crippen molar-refractivity contribution in [2.24, 2.45) is 5.41 Å². The maximum atomic E-state index is 11.8. The Labute approximate surface area is 88.9 Å². The highest BCUT2D eigenvalue weighted by atomic mass is 79.9. The molecule has 0 radical (unpaired) electrons. The highest BCUT2D eigenvalue weighted by Gasteiger charge is 2.47. The Bertz CT molecular complexity index is 283. The van der Waals surface area contributed by atoms with Crippen LogP contribution in [0.25, 0.3) is 0 Å². The molecule has 0 atom stereocenters. The first kappa shape index (κ1) is 14.2. The molecule has 0 N–H and O–H groups in total. The fraction of sp³-hybridized carbons (Fsp3) is 1.00. The predicted molar refractivity (Wildman–Crippen MR) is 48.5 cm³/mol. The van der Waals surface area contributed by atoms with Crippen molar-refractivity contribution < 1.29 is 25.8 Å². The van der Waals surface area contributed by atoms with Crippen LogP contribution in [0, 0.1) is 5.41 Å². The fourth-order valence-electron chi connectivity index (χ4n) is 0.342. The van der Waals surface area contributed by atoms with E-state index in [4.69, 9.17) is 0 Å². The summed E-state index contributed by atoms with van der Waals surface area (Å²) in [5.74, 6) is 0. The predicted octanol–water partition coefficient (Wildman–Crippen LogP) is 2.27. The molecule has 0 spiro atoms. The molecule has 86 valence electrons. The molecule has 0 bridgehead atoms. The maximum absolute atomic E-state index is 11.8.